The number of allylic oxidation sites excluding steroid dienone is 4. The van der Waals surface area contributed by atoms with Crippen molar-refractivity contribution in [3.05, 3.63) is 36.1 Å². The van der Waals surface area contributed by atoms with Crippen molar-refractivity contribution in [2.45, 2.75) is 33.6 Å². The summed E-state index contributed by atoms with van der Waals surface area (Å²) in [5, 5.41) is 0. The van der Waals surface area contributed by atoms with E-state index in [-0.39, 0.29) is 5.91 Å². The fourth-order valence-electron chi connectivity index (χ4n) is 1.60. The Hall–Kier alpha value is -1.31. The Morgan fingerprint density at radius 2 is 2.12 bits per heavy atom. The van der Waals surface area contributed by atoms with Gasteiger partial charge in [-0.3, -0.25) is 4.79 Å². The molecule has 1 aliphatic heterocycles. The number of hydrogen-bond acceptors (Lipinski definition) is 1. The van der Waals surface area contributed by atoms with E-state index in [1.807, 2.05) is 11.0 Å². The van der Waals surface area contributed by atoms with Gasteiger partial charge in [0.05, 0.1) is 0 Å². The number of amides is 1. The predicted molar refractivity (Wildman–Crippen MR) is 67.8 cm³/mol. The van der Waals surface area contributed by atoms with Crippen LogP contribution in [-0.2, 0) is 4.79 Å². The van der Waals surface area contributed by atoms with E-state index in [9.17, 15) is 4.79 Å². The van der Waals surface area contributed by atoms with Gasteiger partial charge in [0, 0.05) is 18.7 Å². The number of carbonyl (C=O) groups excluding carboxylic acids is 1. The van der Waals surface area contributed by atoms with Gasteiger partial charge in [-0.05, 0) is 31.4 Å². The van der Waals surface area contributed by atoms with Crippen LogP contribution in [0.5, 0.6) is 0 Å². The van der Waals surface area contributed by atoms with E-state index in [4.69, 9.17) is 0 Å². The molecule has 88 valence electrons. The molecule has 2 nitrogen and oxygen atoms in total. The minimum atomic E-state index is 0.210. The quantitative estimate of drug-likeness (QED) is 0.664. The minimum Gasteiger partial charge on any atom is -0.312 e. The van der Waals surface area contributed by atoms with Gasteiger partial charge >= 0.3 is 0 Å². The van der Waals surface area contributed by atoms with Crippen LogP contribution < -0.4 is 0 Å². The molecular formula is C14H21NO. The Kier molecular flexibility index (Phi) is 4.53. The summed E-state index contributed by atoms with van der Waals surface area (Å²) in [6.45, 7) is 11.0. The molecule has 0 unspecified atom stereocenters. The van der Waals surface area contributed by atoms with Crippen molar-refractivity contribution in [2.75, 3.05) is 6.54 Å². The highest BCUT2D eigenvalue weighted by molar-refractivity contribution is 5.80. The zero-order valence-corrected chi connectivity index (χ0v) is 10.5. The number of rotatable bonds is 4. The van der Waals surface area contributed by atoms with E-state index < -0.39 is 0 Å². The van der Waals surface area contributed by atoms with Gasteiger partial charge in [0.25, 0.3) is 0 Å². The maximum Gasteiger partial charge on any atom is 0.227 e. The van der Waals surface area contributed by atoms with Crippen molar-refractivity contribution in [1.29, 1.82) is 0 Å². The molecule has 1 heterocycles. The minimum absolute atomic E-state index is 0.210. The van der Waals surface area contributed by atoms with Crippen molar-refractivity contribution < 1.29 is 4.79 Å². The van der Waals surface area contributed by atoms with Crippen molar-refractivity contribution >= 4 is 5.91 Å². The first-order valence-electron chi connectivity index (χ1n) is 5.87. The van der Waals surface area contributed by atoms with Crippen LogP contribution in [0.4, 0.5) is 0 Å². The first-order chi connectivity index (χ1) is 7.56. The summed E-state index contributed by atoms with van der Waals surface area (Å²) in [4.78, 5) is 13.4. The normalized spacial score (nSPS) is 18.5. The highest BCUT2D eigenvalue weighted by Gasteiger charge is 2.21. The molecule has 0 aromatic rings. The number of likely N-dealkylation sites (tertiary alicyclic amines) is 1. The topological polar surface area (TPSA) is 20.3 Å². The molecule has 1 fully saturated rings. The Balaban J connectivity index is 2.81. The summed E-state index contributed by atoms with van der Waals surface area (Å²) in [7, 11) is 0. The molecule has 1 aliphatic rings. The molecule has 0 radical (unpaired) electrons. The van der Waals surface area contributed by atoms with Crippen LogP contribution in [0.3, 0.4) is 0 Å². The summed E-state index contributed by atoms with van der Waals surface area (Å²) in [6, 6.07) is 0. The first-order valence-corrected chi connectivity index (χ1v) is 5.87. The fourth-order valence-corrected chi connectivity index (χ4v) is 1.60. The van der Waals surface area contributed by atoms with Crippen LogP contribution in [0.1, 0.15) is 33.6 Å². The molecule has 1 rings (SSSR count). The summed E-state index contributed by atoms with van der Waals surface area (Å²) in [5.41, 5.74) is 2.23. The molecule has 0 N–H and O–H groups in total. The van der Waals surface area contributed by atoms with Crippen molar-refractivity contribution in [3.63, 3.8) is 0 Å². The second-order valence-corrected chi connectivity index (χ2v) is 4.51. The van der Waals surface area contributed by atoms with Gasteiger partial charge in [0.1, 0.15) is 0 Å². The Bertz CT molecular complexity index is 337. The summed E-state index contributed by atoms with van der Waals surface area (Å²) in [5.74, 6) is 0.748. The Morgan fingerprint density at radius 1 is 1.44 bits per heavy atom. The molecule has 2 heteroatoms. The van der Waals surface area contributed by atoms with Gasteiger partial charge in [0.15, 0.2) is 0 Å². The van der Waals surface area contributed by atoms with Gasteiger partial charge < -0.3 is 4.90 Å². The number of carbonyl (C=O) groups is 1. The largest absolute Gasteiger partial charge is 0.312 e. The lowest BCUT2D eigenvalue weighted by Gasteiger charge is -2.16. The van der Waals surface area contributed by atoms with Crippen LogP contribution in [0, 0.1) is 5.92 Å². The second kappa shape index (κ2) is 5.69. The molecular weight excluding hydrogens is 198 g/mol. The summed E-state index contributed by atoms with van der Waals surface area (Å²) >= 11 is 0. The van der Waals surface area contributed by atoms with Gasteiger partial charge in [0.2, 0.25) is 5.91 Å². The lowest BCUT2D eigenvalue weighted by molar-refractivity contribution is -0.125. The molecule has 16 heavy (non-hydrogen) atoms. The molecule has 1 amide bonds. The third kappa shape index (κ3) is 3.09. The summed E-state index contributed by atoms with van der Waals surface area (Å²) < 4.78 is 0. The van der Waals surface area contributed by atoms with Gasteiger partial charge in [-0.2, -0.15) is 0 Å². The number of hydrogen-bond donors (Lipinski definition) is 0. The third-order valence-electron chi connectivity index (χ3n) is 3.02. The van der Waals surface area contributed by atoms with Crippen LogP contribution in [0.2, 0.25) is 0 Å². The monoisotopic (exact) mass is 219 g/mol. The molecule has 1 saturated heterocycles. The zero-order valence-electron chi connectivity index (χ0n) is 10.5. The lowest BCUT2D eigenvalue weighted by atomic mass is 10.1. The van der Waals surface area contributed by atoms with Gasteiger partial charge in [-0.25, -0.2) is 0 Å². The van der Waals surface area contributed by atoms with E-state index in [1.54, 1.807) is 6.08 Å². The van der Waals surface area contributed by atoms with Crippen LogP contribution in [-0.4, -0.2) is 17.4 Å². The third-order valence-corrected chi connectivity index (χ3v) is 3.02. The van der Waals surface area contributed by atoms with Crippen molar-refractivity contribution in [2.24, 2.45) is 5.92 Å². The first kappa shape index (κ1) is 12.8. The molecule has 0 aromatic heterocycles. The Labute approximate surface area is 98.3 Å². The highest BCUT2D eigenvalue weighted by Crippen LogP contribution is 2.18. The van der Waals surface area contributed by atoms with E-state index in [0.29, 0.717) is 12.3 Å². The van der Waals surface area contributed by atoms with Crippen molar-refractivity contribution in [3.8, 4) is 0 Å². The van der Waals surface area contributed by atoms with E-state index in [0.717, 1.165) is 18.7 Å². The molecule has 0 aromatic carbocycles. The van der Waals surface area contributed by atoms with E-state index >= 15 is 0 Å². The van der Waals surface area contributed by atoms with Gasteiger partial charge in [-0.15, -0.1) is 0 Å². The standard InChI is InChI=1S/C14H21NO/c1-5-13(9-8-12(4)11(2)3)15-10-6-7-14(15)16/h5,8-9,11H,1,6-7,10H2,2-4H3/b12-8+,13-9+. The SMILES string of the molecule is C=C/C(=C\C=C(/C)C(C)C)N1CCCC1=O. The lowest BCUT2D eigenvalue weighted by Crippen LogP contribution is -2.22. The fraction of sp³-hybridized carbons (Fsp3) is 0.500. The maximum atomic E-state index is 11.6. The smallest absolute Gasteiger partial charge is 0.227 e. The molecule has 0 saturated carbocycles. The van der Waals surface area contributed by atoms with Crippen LogP contribution >= 0.6 is 0 Å². The average molecular weight is 219 g/mol. The highest BCUT2D eigenvalue weighted by atomic mass is 16.2. The summed E-state index contributed by atoms with van der Waals surface area (Å²) in [6.07, 6.45) is 7.45. The van der Waals surface area contributed by atoms with E-state index in [1.165, 1.54) is 5.57 Å². The van der Waals surface area contributed by atoms with Crippen LogP contribution in [0.25, 0.3) is 0 Å². The second-order valence-electron chi connectivity index (χ2n) is 4.51. The Morgan fingerprint density at radius 3 is 2.56 bits per heavy atom. The van der Waals surface area contributed by atoms with Gasteiger partial charge in [-0.1, -0.05) is 32.1 Å². The molecule has 0 spiro atoms. The number of nitrogens with zero attached hydrogens (tertiary/aromatic N) is 1. The maximum absolute atomic E-state index is 11.6. The molecule has 0 bridgehead atoms. The van der Waals surface area contributed by atoms with E-state index in [2.05, 4.69) is 33.4 Å². The van der Waals surface area contributed by atoms with Crippen LogP contribution in [0.15, 0.2) is 36.1 Å². The molecule has 0 atom stereocenters. The average Bonchev–Trinajstić information content (AvgIpc) is 2.65. The molecule has 0 aliphatic carbocycles. The predicted octanol–water partition coefficient (Wildman–Crippen LogP) is 3.28. The zero-order chi connectivity index (χ0) is 12.1. The van der Waals surface area contributed by atoms with Crippen molar-refractivity contribution in [1.82, 2.24) is 4.90 Å².